The molecule has 0 aliphatic heterocycles. The Hall–Kier alpha value is -3.28. The second kappa shape index (κ2) is 7.74. The van der Waals surface area contributed by atoms with Crippen molar-refractivity contribution in [1.29, 1.82) is 0 Å². The van der Waals surface area contributed by atoms with Gasteiger partial charge in [0.25, 0.3) is 11.8 Å². The number of aromatic nitrogens is 2. The lowest BCUT2D eigenvalue weighted by molar-refractivity contribution is -0.385. The predicted molar refractivity (Wildman–Crippen MR) is 91.3 cm³/mol. The van der Waals surface area contributed by atoms with Crippen molar-refractivity contribution in [2.75, 3.05) is 11.9 Å². The number of carbonyl (C=O) groups excluding carboxylic acids is 3. The maximum absolute atomic E-state index is 12.3. The normalized spacial score (nSPS) is 10.4. The standard InChI is InChI=1S/C14H15N5O6S/c1-3-4-25-14(22)8-6(2)10(11(15)20)26-13(8)17-12(21)9-7(19(23)24)5-16-18-9/h5H,3-4H2,1-2H3,(H2,15,20)(H,16,18)(H,17,21). The largest absolute Gasteiger partial charge is 0.462 e. The average Bonchev–Trinajstić information content (AvgIpc) is 3.17. The highest BCUT2D eigenvalue weighted by Crippen LogP contribution is 2.34. The molecule has 12 heteroatoms. The van der Waals surface area contributed by atoms with E-state index >= 15 is 0 Å². The molecule has 0 aromatic carbocycles. The summed E-state index contributed by atoms with van der Waals surface area (Å²) in [6.45, 7) is 3.45. The molecule has 0 unspecified atom stereocenters. The van der Waals surface area contributed by atoms with Crippen LogP contribution in [0.15, 0.2) is 6.20 Å². The van der Waals surface area contributed by atoms with Crippen LogP contribution in [0.1, 0.15) is 49.4 Å². The third-order valence-corrected chi connectivity index (χ3v) is 4.50. The van der Waals surface area contributed by atoms with Crippen LogP contribution in [0.3, 0.4) is 0 Å². The first kappa shape index (κ1) is 19.1. The molecule has 0 saturated heterocycles. The molecule has 0 saturated carbocycles. The number of amides is 2. The third-order valence-electron chi connectivity index (χ3n) is 3.28. The molecule has 0 atom stereocenters. The summed E-state index contributed by atoms with van der Waals surface area (Å²) in [6.07, 6.45) is 1.47. The lowest BCUT2D eigenvalue weighted by Crippen LogP contribution is -2.16. The molecule has 11 nitrogen and oxygen atoms in total. The van der Waals surface area contributed by atoms with E-state index in [1.54, 1.807) is 0 Å². The van der Waals surface area contributed by atoms with E-state index in [1.165, 1.54) is 6.92 Å². The number of nitrogens with zero attached hydrogens (tertiary/aromatic N) is 2. The maximum Gasteiger partial charge on any atom is 0.341 e. The molecule has 2 rings (SSSR count). The van der Waals surface area contributed by atoms with Gasteiger partial charge in [-0.1, -0.05) is 6.92 Å². The highest BCUT2D eigenvalue weighted by molar-refractivity contribution is 7.18. The number of ether oxygens (including phenoxy) is 1. The maximum atomic E-state index is 12.3. The van der Waals surface area contributed by atoms with E-state index in [0.717, 1.165) is 17.5 Å². The number of esters is 1. The van der Waals surface area contributed by atoms with Crippen LogP contribution in [0.2, 0.25) is 0 Å². The number of rotatable bonds is 7. The fourth-order valence-electron chi connectivity index (χ4n) is 2.10. The fraction of sp³-hybridized carbons (Fsp3) is 0.286. The molecule has 2 aromatic heterocycles. The van der Waals surface area contributed by atoms with Gasteiger partial charge in [-0.2, -0.15) is 5.10 Å². The average molecular weight is 381 g/mol. The van der Waals surface area contributed by atoms with E-state index in [9.17, 15) is 24.5 Å². The van der Waals surface area contributed by atoms with Gasteiger partial charge in [-0.15, -0.1) is 11.3 Å². The topological polar surface area (TPSA) is 170 Å². The van der Waals surface area contributed by atoms with E-state index in [1.807, 2.05) is 6.92 Å². The Bertz CT molecular complexity index is 887. The van der Waals surface area contributed by atoms with E-state index in [0.29, 0.717) is 6.42 Å². The summed E-state index contributed by atoms with van der Waals surface area (Å²) in [5, 5.41) is 19.0. The Morgan fingerprint density at radius 2 is 2.15 bits per heavy atom. The van der Waals surface area contributed by atoms with Gasteiger partial charge in [-0.05, 0) is 18.9 Å². The monoisotopic (exact) mass is 381 g/mol. The fourth-order valence-corrected chi connectivity index (χ4v) is 3.14. The Balaban J connectivity index is 2.41. The zero-order valence-electron chi connectivity index (χ0n) is 13.8. The van der Waals surface area contributed by atoms with Gasteiger partial charge in [-0.25, -0.2) is 4.79 Å². The predicted octanol–water partition coefficient (Wildman–Crippen LogP) is 1.61. The van der Waals surface area contributed by atoms with Gasteiger partial charge in [0.15, 0.2) is 0 Å². The van der Waals surface area contributed by atoms with E-state index < -0.39 is 34.1 Å². The zero-order valence-corrected chi connectivity index (χ0v) is 14.6. The molecule has 0 bridgehead atoms. The van der Waals surface area contributed by atoms with Crippen molar-refractivity contribution in [2.45, 2.75) is 20.3 Å². The second-order valence-corrected chi connectivity index (χ2v) is 6.12. The molecule has 4 N–H and O–H groups in total. The number of H-pyrrole nitrogens is 1. The molecule has 138 valence electrons. The van der Waals surface area contributed by atoms with Crippen LogP contribution in [0.5, 0.6) is 0 Å². The first-order valence-electron chi connectivity index (χ1n) is 7.37. The van der Waals surface area contributed by atoms with E-state index in [2.05, 4.69) is 15.5 Å². The number of anilines is 1. The van der Waals surface area contributed by atoms with Crippen LogP contribution in [0, 0.1) is 17.0 Å². The van der Waals surface area contributed by atoms with Gasteiger partial charge in [0.1, 0.15) is 11.2 Å². The number of nitrogens with two attached hydrogens (primary N) is 1. The highest BCUT2D eigenvalue weighted by atomic mass is 32.1. The van der Waals surface area contributed by atoms with Gasteiger partial charge in [0, 0.05) is 0 Å². The summed E-state index contributed by atoms with van der Waals surface area (Å²) in [4.78, 5) is 46.4. The van der Waals surface area contributed by atoms with Gasteiger partial charge >= 0.3 is 11.7 Å². The van der Waals surface area contributed by atoms with Crippen LogP contribution in [0.25, 0.3) is 0 Å². The Kier molecular flexibility index (Phi) is 5.67. The molecular formula is C14H15N5O6S. The molecule has 26 heavy (non-hydrogen) atoms. The quantitative estimate of drug-likeness (QED) is 0.371. The molecule has 0 spiro atoms. The SMILES string of the molecule is CCCOC(=O)c1c(NC(=O)c2[nH]ncc2[N+](=O)[O-])sc(C(N)=O)c1C. The molecule has 0 radical (unpaired) electrons. The van der Waals surface area contributed by atoms with Gasteiger partial charge < -0.3 is 15.8 Å². The van der Waals surface area contributed by atoms with Gasteiger partial charge in [0.05, 0.1) is 22.0 Å². The van der Waals surface area contributed by atoms with Crippen molar-refractivity contribution >= 4 is 39.8 Å². The van der Waals surface area contributed by atoms with Crippen molar-refractivity contribution in [3.8, 4) is 0 Å². The summed E-state index contributed by atoms with van der Waals surface area (Å²) in [5.41, 5.74) is 4.61. The van der Waals surface area contributed by atoms with Crippen LogP contribution in [0.4, 0.5) is 10.7 Å². The summed E-state index contributed by atoms with van der Waals surface area (Å²) in [6, 6.07) is 0. The molecule has 0 fully saturated rings. The lowest BCUT2D eigenvalue weighted by Gasteiger charge is -2.07. The number of nitrogens with one attached hydrogen (secondary N) is 2. The first-order chi connectivity index (χ1) is 12.3. The zero-order chi connectivity index (χ0) is 19.4. The number of thiophene rings is 1. The summed E-state index contributed by atoms with van der Waals surface area (Å²) < 4.78 is 5.06. The molecule has 0 aliphatic rings. The van der Waals surface area contributed by atoms with Crippen molar-refractivity contribution < 1.29 is 24.0 Å². The van der Waals surface area contributed by atoms with Crippen molar-refractivity contribution in [1.82, 2.24) is 10.2 Å². The van der Waals surface area contributed by atoms with Crippen molar-refractivity contribution in [2.24, 2.45) is 5.73 Å². The van der Waals surface area contributed by atoms with Crippen LogP contribution < -0.4 is 11.1 Å². The van der Waals surface area contributed by atoms with E-state index in [4.69, 9.17) is 10.5 Å². The minimum atomic E-state index is -0.893. The molecule has 2 aromatic rings. The summed E-state index contributed by atoms with van der Waals surface area (Å²) in [5.74, 6) is -2.40. The second-order valence-electron chi connectivity index (χ2n) is 5.10. The third kappa shape index (κ3) is 3.69. The number of primary amides is 1. The molecule has 0 aliphatic carbocycles. The smallest absolute Gasteiger partial charge is 0.341 e. The van der Waals surface area contributed by atoms with Gasteiger partial charge in [-0.3, -0.25) is 24.8 Å². The van der Waals surface area contributed by atoms with Gasteiger partial charge in [0.2, 0.25) is 5.69 Å². The number of aromatic amines is 1. The molecule has 2 heterocycles. The number of hydrogen-bond acceptors (Lipinski definition) is 8. The summed E-state index contributed by atoms with van der Waals surface area (Å²) in [7, 11) is 0. The molecular weight excluding hydrogens is 366 g/mol. The Morgan fingerprint density at radius 1 is 1.46 bits per heavy atom. The molecule has 2 amide bonds. The van der Waals surface area contributed by atoms with Crippen LogP contribution in [-0.4, -0.2) is 39.5 Å². The lowest BCUT2D eigenvalue weighted by atomic mass is 10.1. The van der Waals surface area contributed by atoms with Crippen molar-refractivity contribution in [3.63, 3.8) is 0 Å². The van der Waals surface area contributed by atoms with E-state index in [-0.39, 0.29) is 27.6 Å². The summed E-state index contributed by atoms with van der Waals surface area (Å²) >= 11 is 0.784. The number of nitro groups is 1. The highest BCUT2D eigenvalue weighted by Gasteiger charge is 2.28. The Labute approximate surface area is 150 Å². The Morgan fingerprint density at radius 3 is 2.73 bits per heavy atom. The first-order valence-corrected chi connectivity index (χ1v) is 8.18. The van der Waals surface area contributed by atoms with Crippen LogP contribution in [-0.2, 0) is 4.74 Å². The van der Waals surface area contributed by atoms with Crippen LogP contribution >= 0.6 is 11.3 Å². The number of hydrogen-bond donors (Lipinski definition) is 3. The minimum Gasteiger partial charge on any atom is -0.462 e. The number of carbonyl (C=O) groups is 3. The minimum absolute atomic E-state index is 0.00583. The van der Waals surface area contributed by atoms with Crippen molar-refractivity contribution in [3.05, 3.63) is 38.0 Å².